The monoisotopic (exact) mass is 311 g/mol. The molecule has 0 aromatic carbocycles. The molecule has 122 valence electrons. The first kappa shape index (κ1) is 15.1. The van der Waals surface area contributed by atoms with Gasteiger partial charge in [0.15, 0.2) is 5.82 Å². The van der Waals surface area contributed by atoms with E-state index >= 15 is 0 Å². The van der Waals surface area contributed by atoms with E-state index in [1.807, 2.05) is 16.7 Å². The fraction of sp³-hybridized carbons (Fsp3) is 0.692. The van der Waals surface area contributed by atoms with E-state index in [0.717, 1.165) is 6.42 Å². The summed E-state index contributed by atoms with van der Waals surface area (Å²) in [6.07, 6.45) is -0.573. The number of nitrogens with zero attached hydrogens (tertiary/aromatic N) is 3. The van der Waals surface area contributed by atoms with Gasteiger partial charge in [0, 0.05) is 13.0 Å². The summed E-state index contributed by atoms with van der Waals surface area (Å²) in [4.78, 5) is 22.7. The zero-order chi connectivity index (χ0) is 15.9. The van der Waals surface area contributed by atoms with E-state index in [9.17, 15) is 15.0 Å². The summed E-state index contributed by atoms with van der Waals surface area (Å²) in [7, 11) is 0. The SMILES string of the molecule is CCCN1CN([C@H]2C[C@H](O)[C@@H](CO)O2)c2nc(N)[nH]c(=O)c21. The summed E-state index contributed by atoms with van der Waals surface area (Å²) in [5.74, 6) is 0.509. The largest absolute Gasteiger partial charge is 0.394 e. The van der Waals surface area contributed by atoms with Gasteiger partial charge in [0.25, 0.3) is 5.56 Å². The molecule has 1 saturated heterocycles. The standard InChI is InChI=1S/C13H21N5O4/c1-2-3-17-6-18(9-4-7(20)8(5-19)22-9)11-10(17)12(21)16-13(14)15-11/h7-9,19-20H,2-6H2,1H3,(H3,14,15,16,21)/t7-,8+,9+/m0/s1. The first-order valence-corrected chi connectivity index (χ1v) is 7.41. The molecule has 0 saturated carbocycles. The highest BCUT2D eigenvalue weighted by Gasteiger charge is 2.42. The zero-order valence-corrected chi connectivity index (χ0v) is 12.4. The number of aromatic amines is 1. The van der Waals surface area contributed by atoms with Crippen LogP contribution in [0.1, 0.15) is 19.8 Å². The zero-order valence-electron chi connectivity index (χ0n) is 12.4. The van der Waals surface area contributed by atoms with E-state index in [1.165, 1.54) is 0 Å². The van der Waals surface area contributed by atoms with Gasteiger partial charge in [0.2, 0.25) is 5.95 Å². The van der Waals surface area contributed by atoms with Crippen LogP contribution in [0.2, 0.25) is 0 Å². The normalized spacial score (nSPS) is 27.5. The number of ether oxygens (including phenoxy) is 1. The van der Waals surface area contributed by atoms with Crippen LogP contribution in [0.5, 0.6) is 0 Å². The Morgan fingerprint density at radius 3 is 2.95 bits per heavy atom. The van der Waals surface area contributed by atoms with Crippen LogP contribution in [0.15, 0.2) is 4.79 Å². The van der Waals surface area contributed by atoms with Crippen LogP contribution in [0, 0.1) is 0 Å². The van der Waals surface area contributed by atoms with E-state index in [1.54, 1.807) is 0 Å². The summed E-state index contributed by atoms with van der Waals surface area (Å²) in [5.41, 5.74) is 5.84. The lowest BCUT2D eigenvalue weighted by Crippen LogP contribution is -2.39. The first-order valence-electron chi connectivity index (χ1n) is 7.41. The summed E-state index contributed by atoms with van der Waals surface area (Å²) in [6.45, 7) is 2.93. The smallest absolute Gasteiger partial charge is 0.278 e. The number of nitrogen functional groups attached to an aromatic ring is 1. The molecule has 1 aromatic rings. The molecule has 0 spiro atoms. The van der Waals surface area contributed by atoms with Crippen molar-refractivity contribution < 1.29 is 14.9 Å². The third-order valence-electron chi connectivity index (χ3n) is 4.03. The molecule has 3 heterocycles. The van der Waals surface area contributed by atoms with Crippen molar-refractivity contribution in [3.8, 4) is 0 Å². The molecule has 0 bridgehead atoms. The third kappa shape index (κ3) is 2.40. The molecule has 0 aliphatic carbocycles. The number of hydrogen-bond acceptors (Lipinski definition) is 8. The van der Waals surface area contributed by atoms with E-state index in [4.69, 9.17) is 10.5 Å². The van der Waals surface area contributed by atoms with Gasteiger partial charge in [0.1, 0.15) is 18.0 Å². The van der Waals surface area contributed by atoms with Crippen molar-refractivity contribution >= 4 is 17.5 Å². The Balaban J connectivity index is 1.94. The Morgan fingerprint density at radius 2 is 2.32 bits per heavy atom. The molecule has 1 fully saturated rings. The van der Waals surface area contributed by atoms with E-state index in [2.05, 4.69) is 9.97 Å². The minimum Gasteiger partial charge on any atom is -0.394 e. The Morgan fingerprint density at radius 1 is 1.55 bits per heavy atom. The average molecular weight is 311 g/mol. The van der Waals surface area contributed by atoms with Gasteiger partial charge < -0.3 is 30.5 Å². The molecule has 9 nitrogen and oxygen atoms in total. The van der Waals surface area contributed by atoms with Crippen molar-refractivity contribution in [2.45, 2.75) is 38.2 Å². The minimum atomic E-state index is -0.738. The first-order chi connectivity index (χ1) is 10.5. The maximum Gasteiger partial charge on any atom is 0.278 e. The summed E-state index contributed by atoms with van der Waals surface area (Å²) in [6, 6.07) is 0. The van der Waals surface area contributed by atoms with Crippen LogP contribution in [-0.2, 0) is 4.74 Å². The van der Waals surface area contributed by atoms with Crippen molar-refractivity contribution in [3.63, 3.8) is 0 Å². The summed E-state index contributed by atoms with van der Waals surface area (Å²) < 4.78 is 5.68. The van der Waals surface area contributed by atoms with Crippen molar-refractivity contribution in [1.82, 2.24) is 9.97 Å². The van der Waals surface area contributed by atoms with Crippen molar-refractivity contribution in [2.75, 3.05) is 35.4 Å². The Labute approximate surface area is 127 Å². The van der Waals surface area contributed by atoms with Gasteiger partial charge in [-0.3, -0.25) is 9.78 Å². The molecule has 0 radical (unpaired) electrons. The highest BCUT2D eigenvalue weighted by atomic mass is 16.5. The number of nitrogens with one attached hydrogen (secondary N) is 1. The molecular weight excluding hydrogens is 290 g/mol. The van der Waals surface area contributed by atoms with Crippen LogP contribution in [-0.4, -0.2) is 58.4 Å². The predicted octanol–water partition coefficient (Wildman–Crippen LogP) is -1.19. The number of aliphatic hydroxyl groups excluding tert-OH is 2. The molecule has 9 heteroatoms. The van der Waals surface area contributed by atoms with Gasteiger partial charge in [-0.15, -0.1) is 0 Å². The number of H-pyrrole nitrogens is 1. The number of aliphatic hydroxyl groups is 2. The van der Waals surface area contributed by atoms with Gasteiger partial charge in [-0.25, -0.2) is 0 Å². The summed E-state index contributed by atoms with van der Waals surface area (Å²) >= 11 is 0. The number of aromatic nitrogens is 2. The lowest BCUT2D eigenvalue weighted by atomic mass is 10.2. The van der Waals surface area contributed by atoms with E-state index in [-0.39, 0.29) is 18.1 Å². The Hall–Kier alpha value is -1.84. The molecule has 0 amide bonds. The maximum absolute atomic E-state index is 12.2. The molecule has 3 atom stereocenters. The van der Waals surface area contributed by atoms with Gasteiger partial charge >= 0.3 is 0 Å². The van der Waals surface area contributed by atoms with Crippen LogP contribution >= 0.6 is 0 Å². The second-order valence-electron chi connectivity index (χ2n) is 5.61. The van der Waals surface area contributed by atoms with Gasteiger partial charge in [0.05, 0.1) is 19.4 Å². The molecule has 5 N–H and O–H groups in total. The van der Waals surface area contributed by atoms with Crippen LogP contribution in [0.3, 0.4) is 0 Å². The number of hydrogen-bond donors (Lipinski definition) is 4. The molecule has 2 aliphatic heterocycles. The van der Waals surface area contributed by atoms with E-state index < -0.39 is 18.4 Å². The molecule has 2 aliphatic rings. The quantitative estimate of drug-likeness (QED) is 0.547. The molecule has 1 aromatic heterocycles. The fourth-order valence-corrected chi connectivity index (χ4v) is 3.03. The Kier molecular flexibility index (Phi) is 3.94. The third-order valence-corrected chi connectivity index (χ3v) is 4.03. The predicted molar refractivity (Wildman–Crippen MR) is 80.6 cm³/mol. The molecule has 0 unspecified atom stereocenters. The minimum absolute atomic E-state index is 0.0457. The average Bonchev–Trinajstić information content (AvgIpc) is 3.00. The van der Waals surface area contributed by atoms with Crippen molar-refractivity contribution in [1.29, 1.82) is 0 Å². The second-order valence-corrected chi connectivity index (χ2v) is 5.61. The van der Waals surface area contributed by atoms with Crippen molar-refractivity contribution in [3.05, 3.63) is 10.4 Å². The lowest BCUT2D eigenvalue weighted by molar-refractivity contribution is -0.0220. The molecule has 3 rings (SSSR count). The van der Waals surface area contributed by atoms with Crippen LogP contribution < -0.4 is 21.1 Å². The highest BCUT2D eigenvalue weighted by molar-refractivity contribution is 5.72. The van der Waals surface area contributed by atoms with Crippen LogP contribution in [0.4, 0.5) is 17.5 Å². The van der Waals surface area contributed by atoms with E-state index in [0.29, 0.717) is 31.1 Å². The van der Waals surface area contributed by atoms with Crippen LogP contribution in [0.25, 0.3) is 0 Å². The van der Waals surface area contributed by atoms with Gasteiger partial charge in [-0.05, 0) is 6.42 Å². The topological polar surface area (TPSA) is 128 Å². The second kappa shape index (κ2) is 5.75. The van der Waals surface area contributed by atoms with Gasteiger partial charge in [-0.1, -0.05) is 6.92 Å². The maximum atomic E-state index is 12.2. The molecular formula is C13H21N5O4. The number of nitrogens with two attached hydrogens (primary N) is 1. The lowest BCUT2D eigenvalue weighted by Gasteiger charge is -2.26. The Bertz CT molecular complexity index is 607. The number of rotatable bonds is 4. The number of anilines is 3. The number of fused-ring (bicyclic) bond motifs is 1. The summed E-state index contributed by atoms with van der Waals surface area (Å²) in [5, 5.41) is 19.1. The fourth-order valence-electron chi connectivity index (χ4n) is 3.03. The van der Waals surface area contributed by atoms with Gasteiger partial charge in [-0.2, -0.15) is 4.98 Å². The van der Waals surface area contributed by atoms with Crippen molar-refractivity contribution in [2.24, 2.45) is 0 Å². The molecule has 22 heavy (non-hydrogen) atoms. The highest BCUT2D eigenvalue weighted by Crippen LogP contribution is 2.36.